The molecule has 0 aromatic heterocycles. The zero-order valence-electron chi connectivity index (χ0n) is 15.1. The van der Waals surface area contributed by atoms with Gasteiger partial charge in [-0.2, -0.15) is 5.10 Å². The van der Waals surface area contributed by atoms with Crippen molar-refractivity contribution >= 4 is 17.4 Å². The highest BCUT2D eigenvalue weighted by Gasteiger charge is 2.37. The summed E-state index contributed by atoms with van der Waals surface area (Å²) in [6, 6.07) is 5.11. The summed E-state index contributed by atoms with van der Waals surface area (Å²) in [4.78, 5) is 8.79. The zero-order valence-corrected chi connectivity index (χ0v) is 15.1. The lowest BCUT2D eigenvalue weighted by molar-refractivity contribution is 0.459. The molecule has 0 amide bonds. The summed E-state index contributed by atoms with van der Waals surface area (Å²) in [6.45, 7) is 12.7. The first kappa shape index (κ1) is 16.6. The van der Waals surface area contributed by atoms with Gasteiger partial charge in [0.2, 0.25) is 6.29 Å². The second kappa shape index (κ2) is 6.12. The minimum absolute atomic E-state index is 0.287. The molecular weight excluding hydrogens is 329 g/mol. The Bertz CT molecular complexity index is 895. The van der Waals surface area contributed by atoms with E-state index >= 15 is 0 Å². The van der Waals surface area contributed by atoms with Gasteiger partial charge in [-0.3, -0.25) is 10.3 Å². The summed E-state index contributed by atoms with van der Waals surface area (Å²) in [6.07, 6.45) is 3.36. The lowest BCUT2D eigenvalue weighted by Crippen LogP contribution is -2.47. The fourth-order valence-electron chi connectivity index (χ4n) is 3.86. The normalized spacial score (nSPS) is 21.6. The van der Waals surface area contributed by atoms with Crippen LogP contribution in [-0.2, 0) is 0 Å². The van der Waals surface area contributed by atoms with Crippen LogP contribution in [0.1, 0.15) is 32.3 Å². The maximum atomic E-state index is 14.9. The molecular formula is C20H22FN5. The number of hydrogen-bond donors (Lipinski definition) is 1. The third-order valence-electron chi connectivity index (χ3n) is 5.03. The van der Waals surface area contributed by atoms with Crippen molar-refractivity contribution in [2.45, 2.75) is 33.0 Å². The van der Waals surface area contributed by atoms with Crippen molar-refractivity contribution in [2.24, 2.45) is 10.1 Å². The van der Waals surface area contributed by atoms with E-state index in [2.05, 4.69) is 28.6 Å². The molecule has 1 atom stereocenters. The maximum Gasteiger partial charge on any atom is 0.218 e. The Balaban J connectivity index is 1.90. The molecule has 1 aromatic rings. The largest absolute Gasteiger partial charge is 0.326 e. The summed E-state index contributed by atoms with van der Waals surface area (Å²) >= 11 is 0. The quantitative estimate of drug-likeness (QED) is 0.883. The van der Waals surface area contributed by atoms with Crippen molar-refractivity contribution in [2.75, 3.05) is 11.4 Å². The highest BCUT2D eigenvalue weighted by atomic mass is 19.1. The van der Waals surface area contributed by atoms with Crippen LogP contribution in [0.3, 0.4) is 0 Å². The summed E-state index contributed by atoms with van der Waals surface area (Å²) in [5.41, 5.74) is 7.42. The Kier molecular flexibility index (Phi) is 3.90. The number of hydrazone groups is 1. The van der Waals surface area contributed by atoms with Gasteiger partial charge < -0.3 is 4.90 Å². The molecule has 0 aliphatic carbocycles. The van der Waals surface area contributed by atoms with Crippen molar-refractivity contribution in [1.29, 1.82) is 0 Å². The number of hydrogen-bond acceptors (Lipinski definition) is 5. The lowest BCUT2D eigenvalue weighted by atomic mass is 9.95. The Morgan fingerprint density at radius 2 is 2.23 bits per heavy atom. The van der Waals surface area contributed by atoms with E-state index in [0.717, 1.165) is 47.8 Å². The molecule has 0 saturated carbocycles. The molecule has 6 heteroatoms. The molecule has 0 fully saturated rings. The summed E-state index contributed by atoms with van der Waals surface area (Å²) < 4.78 is 14.9. The van der Waals surface area contributed by atoms with Gasteiger partial charge in [0, 0.05) is 12.2 Å². The van der Waals surface area contributed by atoms with Crippen LogP contribution in [-0.4, -0.2) is 29.4 Å². The Morgan fingerprint density at radius 3 is 2.96 bits per heavy atom. The van der Waals surface area contributed by atoms with Gasteiger partial charge in [-0.15, -0.1) is 0 Å². The molecule has 0 spiro atoms. The molecule has 1 aromatic carbocycles. The average molecular weight is 351 g/mol. The molecule has 3 aliphatic heterocycles. The van der Waals surface area contributed by atoms with E-state index < -0.39 is 0 Å². The number of halogens is 1. The molecule has 1 N–H and O–H groups in total. The molecule has 0 bridgehead atoms. The number of anilines is 1. The van der Waals surface area contributed by atoms with Crippen molar-refractivity contribution in [1.82, 2.24) is 10.3 Å². The molecule has 5 nitrogen and oxygen atoms in total. The SMILES string of the molecule is C=CC1=C(C(=C)C)CCCN1C1=NC2NN=C(C)N2c2cccc(F)c21. The topological polar surface area (TPSA) is 43.2 Å². The number of fused-ring (bicyclic) bond motifs is 3. The van der Waals surface area contributed by atoms with Gasteiger partial charge >= 0.3 is 0 Å². The number of aliphatic imine (C=N–C) groups is 1. The first-order valence-corrected chi connectivity index (χ1v) is 8.77. The van der Waals surface area contributed by atoms with Crippen LogP contribution in [0, 0.1) is 5.82 Å². The molecule has 0 saturated heterocycles. The number of rotatable bonds is 2. The predicted octanol–water partition coefficient (Wildman–Crippen LogP) is 3.72. The molecule has 1 unspecified atom stereocenters. The average Bonchev–Trinajstić information content (AvgIpc) is 3.01. The Hall–Kier alpha value is -2.89. The predicted molar refractivity (Wildman–Crippen MR) is 103 cm³/mol. The van der Waals surface area contributed by atoms with E-state index in [1.54, 1.807) is 6.07 Å². The minimum atomic E-state index is -0.361. The number of amidine groups is 2. The van der Waals surface area contributed by atoms with Crippen LogP contribution in [0.2, 0.25) is 0 Å². The van der Waals surface area contributed by atoms with E-state index in [1.807, 2.05) is 30.9 Å². The third kappa shape index (κ3) is 2.36. The molecule has 134 valence electrons. The first-order valence-electron chi connectivity index (χ1n) is 8.77. The van der Waals surface area contributed by atoms with Crippen LogP contribution in [0.4, 0.5) is 10.1 Å². The third-order valence-corrected chi connectivity index (χ3v) is 5.03. The van der Waals surface area contributed by atoms with E-state index in [9.17, 15) is 4.39 Å². The second-order valence-corrected chi connectivity index (χ2v) is 6.72. The van der Waals surface area contributed by atoms with Gasteiger partial charge in [-0.1, -0.05) is 24.8 Å². The van der Waals surface area contributed by atoms with Gasteiger partial charge in [-0.25, -0.2) is 9.38 Å². The fraction of sp³-hybridized carbons (Fsp3) is 0.300. The lowest BCUT2D eigenvalue weighted by Gasteiger charge is -2.38. The fourth-order valence-corrected chi connectivity index (χ4v) is 3.86. The maximum absolute atomic E-state index is 14.9. The van der Waals surface area contributed by atoms with Crippen molar-refractivity contribution in [3.63, 3.8) is 0 Å². The van der Waals surface area contributed by atoms with Gasteiger partial charge in [0.25, 0.3) is 0 Å². The number of allylic oxidation sites excluding steroid dienone is 3. The highest BCUT2D eigenvalue weighted by molar-refractivity contribution is 6.11. The number of benzene rings is 1. The molecule has 26 heavy (non-hydrogen) atoms. The molecule has 0 radical (unpaired) electrons. The zero-order chi connectivity index (χ0) is 18.4. The molecule has 3 aliphatic rings. The monoisotopic (exact) mass is 351 g/mol. The van der Waals surface area contributed by atoms with Crippen LogP contribution in [0.25, 0.3) is 0 Å². The standard InChI is InChI=1S/C20H22FN5/c1-5-16-14(12(2)3)8-7-11-25(16)19-18-15(21)9-6-10-17(18)26-13(4)23-24-20(26)22-19/h5-6,9-10,20,24H,1-2,7-8,11H2,3-4H3. The smallest absolute Gasteiger partial charge is 0.218 e. The van der Waals surface area contributed by atoms with Gasteiger partial charge in [-0.05, 0) is 50.5 Å². The van der Waals surface area contributed by atoms with Crippen LogP contribution in [0.15, 0.2) is 64.4 Å². The second-order valence-electron chi connectivity index (χ2n) is 6.72. The van der Waals surface area contributed by atoms with E-state index in [1.165, 1.54) is 6.07 Å². The number of nitrogens with zero attached hydrogens (tertiary/aromatic N) is 4. The summed E-state index contributed by atoms with van der Waals surface area (Å²) in [5, 5.41) is 4.27. The first-order chi connectivity index (χ1) is 12.5. The van der Waals surface area contributed by atoms with Crippen molar-refractivity contribution in [3.05, 3.63) is 65.7 Å². The minimum Gasteiger partial charge on any atom is -0.326 e. The van der Waals surface area contributed by atoms with Gasteiger partial charge in [0.15, 0.2) is 0 Å². The Morgan fingerprint density at radius 1 is 1.42 bits per heavy atom. The van der Waals surface area contributed by atoms with Crippen molar-refractivity contribution in [3.8, 4) is 0 Å². The summed E-state index contributed by atoms with van der Waals surface area (Å²) in [7, 11) is 0. The van der Waals surface area contributed by atoms with E-state index in [4.69, 9.17) is 4.99 Å². The molecule has 4 rings (SSSR count). The number of nitrogens with one attached hydrogen (secondary N) is 1. The van der Waals surface area contributed by atoms with Gasteiger partial charge in [0.1, 0.15) is 17.5 Å². The van der Waals surface area contributed by atoms with Crippen LogP contribution < -0.4 is 10.3 Å². The van der Waals surface area contributed by atoms with Crippen LogP contribution >= 0.6 is 0 Å². The van der Waals surface area contributed by atoms with Gasteiger partial charge in [0.05, 0.1) is 11.3 Å². The van der Waals surface area contributed by atoms with Crippen LogP contribution in [0.5, 0.6) is 0 Å². The molecule has 3 heterocycles. The van der Waals surface area contributed by atoms with E-state index in [0.29, 0.717) is 11.4 Å². The van der Waals surface area contributed by atoms with Crippen molar-refractivity contribution < 1.29 is 4.39 Å². The van der Waals surface area contributed by atoms with E-state index in [-0.39, 0.29) is 12.1 Å². The highest BCUT2D eigenvalue weighted by Crippen LogP contribution is 2.36. The Labute approximate surface area is 152 Å². The summed E-state index contributed by atoms with van der Waals surface area (Å²) in [5.74, 6) is 1.10.